The third-order valence-corrected chi connectivity index (χ3v) is 4.81. The smallest absolute Gasteiger partial charge is 0.136 e. The molecule has 3 rings (SSSR count). The first-order chi connectivity index (χ1) is 7.65. The van der Waals surface area contributed by atoms with Crippen molar-refractivity contribution in [2.75, 3.05) is 0 Å². The lowest BCUT2D eigenvalue weighted by molar-refractivity contribution is 0.668. The van der Waals surface area contributed by atoms with Crippen molar-refractivity contribution in [2.45, 2.75) is 0 Å². The van der Waals surface area contributed by atoms with E-state index in [9.17, 15) is 0 Å². The van der Waals surface area contributed by atoms with Crippen molar-refractivity contribution in [1.82, 2.24) is 0 Å². The van der Waals surface area contributed by atoms with Gasteiger partial charge in [0, 0.05) is 24.2 Å². The summed E-state index contributed by atoms with van der Waals surface area (Å²) in [6.07, 6.45) is 0. The Labute approximate surface area is 117 Å². The van der Waals surface area contributed by atoms with Gasteiger partial charge in [0.1, 0.15) is 11.2 Å². The monoisotopic (exact) mass is 402 g/mol. The topological polar surface area (TPSA) is 13.1 Å². The number of hydrogen-bond acceptors (Lipinski definition) is 1. The highest BCUT2D eigenvalue weighted by Crippen LogP contribution is 2.35. The van der Waals surface area contributed by atoms with Gasteiger partial charge in [-0.2, -0.15) is 0 Å². The highest BCUT2D eigenvalue weighted by atomic mass is 79.9. The minimum Gasteiger partial charge on any atom is -0.456 e. The molecule has 0 fully saturated rings. The van der Waals surface area contributed by atoms with Crippen molar-refractivity contribution in [3.63, 3.8) is 0 Å². The second-order valence-electron chi connectivity index (χ2n) is 3.51. The van der Waals surface area contributed by atoms with Crippen molar-refractivity contribution in [1.29, 1.82) is 0 Å². The molecule has 0 bridgehead atoms. The predicted molar refractivity (Wildman–Crippen MR) is 76.8 cm³/mol. The first-order valence-corrected chi connectivity index (χ1v) is 7.00. The number of furan rings is 1. The molecule has 2 aromatic carbocycles. The van der Waals surface area contributed by atoms with E-state index >= 15 is 0 Å². The van der Waals surface area contributed by atoms with Gasteiger partial charge < -0.3 is 4.42 Å². The average molecular weight is 405 g/mol. The number of rotatable bonds is 0. The minimum absolute atomic E-state index is 0.892. The van der Waals surface area contributed by atoms with E-state index in [1.165, 1.54) is 0 Å². The maximum Gasteiger partial charge on any atom is 0.136 e. The van der Waals surface area contributed by atoms with E-state index in [0.29, 0.717) is 0 Å². The van der Waals surface area contributed by atoms with Crippen molar-refractivity contribution >= 4 is 69.7 Å². The molecule has 0 aliphatic carbocycles. The van der Waals surface area contributed by atoms with Crippen LogP contribution in [0.2, 0.25) is 0 Å². The molecule has 0 aliphatic rings. The molecule has 0 saturated heterocycles. The first kappa shape index (κ1) is 10.8. The second kappa shape index (κ2) is 3.86. The molecular formula is C12H5Br3O. The molecule has 1 nitrogen and oxygen atoms in total. The van der Waals surface area contributed by atoms with Gasteiger partial charge in [-0.3, -0.25) is 0 Å². The molecule has 0 saturated carbocycles. The van der Waals surface area contributed by atoms with Crippen LogP contribution in [0.5, 0.6) is 0 Å². The van der Waals surface area contributed by atoms with E-state index in [1.807, 2.05) is 18.2 Å². The van der Waals surface area contributed by atoms with Gasteiger partial charge in [-0.15, -0.1) is 0 Å². The van der Waals surface area contributed by atoms with E-state index in [2.05, 4.69) is 59.9 Å². The average Bonchev–Trinajstić information content (AvgIpc) is 2.57. The quantitative estimate of drug-likeness (QED) is 0.456. The lowest BCUT2D eigenvalue weighted by atomic mass is 10.2. The number of fused-ring (bicyclic) bond motifs is 3. The standard InChI is InChI=1S/C12H5Br3O/c13-6-1-2-11-7(3-6)8-4-9(14)10(15)5-12(8)16-11/h1-5H. The van der Waals surface area contributed by atoms with Crippen LogP contribution in [0.1, 0.15) is 0 Å². The molecule has 4 heteroatoms. The fourth-order valence-electron chi connectivity index (χ4n) is 1.74. The Kier molecular flexibility index (Phi) is 2.61. The second-order valence-corrected chi connectivity index (χ2v) is 6.13. The van der Waals surface area contributed by atoms with Gasteiger partial charge in [0.2, 0.25) is 0 Å². The van der Waals surface area contributed by atoms with Crippen LogP contribution in [0.4, 0.5) is 0 Å². The number of benzene rings is 2. The van der Waals surface area contributed by atoms with Gasteiger partial charge >= 0.3 is 0 Å². The van der Waals surface area contributed by atoms with Gasteiger partial charge in [-0.25, -0.2) is 0 Å². The lowest BCUT2D eigenvalue weighted by Crippen LogP contribution is -1.70. The molecule has 0 N–H and O–H groups in total. The Bertz CT molecular complexity index is 700. The van der Waals surface area contributed by atoms with Crippen molar-refractivity contribution in [3.05, 3.63) is 43.7 Å². The fraction of sp³-hybridized carbons (Fsp3) is 0. The maximum atomic E-state index is 5.77. The summed E-state index contributed by atoms with van der Waals surface area (Å²) >= 11 is 10.5. The summed E-state index contributed by atoms with van der Waals surface area (Å²) in [6.45, 7) is 0. The SMILES string of the molecule is Brc1ccc2oc3cc(Br)c(Br)cc3c2c1. The van der Waals surface area contributed by atoms with Crippen LogP contribution in [0.25, 0.3) is 21.9 Å². The largest absolute Gasteiger partial charge is 0.456 e. The molecule has 0 aliphatic heterocycles. The van der Waals surface area contributed by atoms with Gasteiger partial charge in [-0.1, -0.05) is 15.9 Å². The molecule has 0 spiro atoms. The fourth-order valence-corrected chi connectivity index (χ4v) is 2.77. The summed E-state index contributed by atoms with van der Waals surface area (Å²) in [5.74, 6) is 0. The van der Waals surface area contributed by atoms with Crippen molar-refractivity contribution < 1.29 is 4.42 Å². The van der Waals surface area contributed by atoms with Crippen LogP contribution in [-0.4, -0.2) is 0 Å². The van der Waals surface area contributed by atoms with E-state index in [4.69, 9.17) is 4.42 Å². The maximum absolute atomic E-state index is 5.77. The van der Waals surface area contributed by atoms with Crippen LogP contribution in [0, 0.1) is 0 Å². The van der Waals surface area contributed by atoms with Gasteiger partial charge in [0.15, 0.2) is 0 Å². The van der Waals surface area contributed by atoms with Crippen LogP contribution in [0.3, 0.4) is 0 Å². The molecule has 1 heterocycles. The molecule has 0 radical (unpaired) electrons. The summed E-state index contributed by atoms with van der Waals surface area (Å²) in [4.78, 5) is 0. The molecule has 0 amide bonds. The van der Waals surface area contributed by atoms with E-state index in [1.54, 1.807) is 0 Å². The Balaban J connectivity index is 2.53. The molecule has 0 unspecified atom stereocenters. The van der Waals surface area contributed by atoms with E-state index in [0.717, 1.165) is 35.4 Å². The zero-order chi connectivity index (χ0) is 11.3. The van der Waals surface area contributed by atoms with Gasteiger partial charge in [0.25, 0.3) is 0 Å². The van der Waals surface area contributed by atoms with Crippen LogP contribution in [-0.2, 0) is 0 Å². The molecular weight excluding hydrogens is 400 g/mol. The summed E-state index contributed by atoms with van der Waals surface area (Å²) in [7, 11) is 0. The van der Waals surface area contributed by atoms with Crippen LogP contribution >= 0.6 is 47.8 Å². The summed E-state index contributed by atoms with van der Waals surface area (Å²) in [6, 6.07) is 10.1. The molecule has 1 aromatic heterocycles. The van der Waals surface area contributed by atoms with Crippen molar-refractivity contribution in [2.24, 2.45) is 0 Å². The number of halogens is 3. The summed E-state index contributed by atoms with van der Waals surface area (Å²) in [5.41, 5.74) is 1.80. The molecule has 80 valence electrons. The highest BCUT2D eigenvalue weighted by Gasteiger charge is 2.09. The third kappa shape index (κ3) is 1.63. The Morgan fingerprint density at radius 3 is 2.25 bits per heavy atom. The normalized spacial score (nSPS) is 11.4. The predicted octanol–water partition coefficient (Wildman–Crippen LogP) is 5.87. The first-order valence-electron chi connectivity index (χ1n) is 4.62. The molecule has 3 aromatic rings. The lowest BCUT2D eigenvalue weighted by Gasteiger charge is -1.95. The van der Waals surface area contributed by atoms with Crippen LogP contribution < -0.4 is 0 Å². The van der Waals surface area contributed by atoms with Crippen molar-refractivity contribution in [3.8, 4) is 0 Å². The van der Waals surface area contributed by atoms with E-state index in [-0.39, 0.29) is 0 Å². The highest BCUT2D eigenvalue weighted by molar-refractivity contribution is 9.13. The van der Waals surface area contributed by atoms with Gasteiger partial charge in [-0.05, 0) is 62.2 Å². The molecule has 16 heavy (non-hydrogen) atoms. The minimum atomic E-state index is 0.892. The number of hydrogen-bond donors (Lipinski definition) is 0. The Morgan fingerprint density at radius 2 is 1.44 bits per heavy atom. The van der Waals surface area contributed by atoms with Gasteiger partial charge in [0.05, 0.1) is 0 Å². The summed E-state index contributed by atoms with van der Waals surface area (Å²) in [5, 5.41) is 2.24. The van der Waals surface area contributed by atoms with Crippen LogP contribution in [0.15, 0.2) is 48.2 Å². The Morgan fingerprint density at radius 1 is 0.750 bits per heavy atom. The zero-order valence-electron chi connectivity index (χ0n) is 7.93. The zero-order valence-corrected chi connectivity index (χ0v) is 12.7. The molecule has 0 atom stereocenters. The Hall–Kier alpha value is -0.320. The third-order valence-electron chi connectivity index (χ3n) is 2.47. The summed E-state index contributed by atoms with van der Waals surface area (Å²) < 4.78 is 8.86. The van der Waals surface area contributed by atoms with E-state index < -0.39 is 0 Å².